The summed E-state index contributed by atoms with van der Waals surface area (Å²) in [5.74, 6) is -0.554. The Labute approximate surface area is 256 Å². The predicted octanol–water partition coefficient (Wildman–Crippen LogP) is 9.41. The van der Waals surface area contributed by atoms with Crippen LogP contribution in [0.4, 0.5) is 0 Å². The number of allylic oxidation sites excluding steroid dienone is 2. The van der Waals surface area contributed by atoms with Crippen LogP contribution in [0.1, 0.15) is 149 Å². The van der Waals surface area contributed by atoms with Gasteiger partial charge in [-0.15, -0.1) is 0 Å². The number of methoxy groups -OCH3 is 1. The molecule has 6 nitrogen and oxygen atoms in total. The number of unbranched alkanes of at least 4 members (excludes halogenated alkanes) is 17. The summed E-state index contributed by atoms with van der Waals surface area (Å²) < 4.78 is 29.7. The Bertz CT molecular complexity index is 637. The van der Waals surface area contributed by atoms with Crippen molar-refractivity contribution in [2.75, 3.05) is 48.1 Å². The summed E-state index contributed by atoms with van der Waals surface area (Å²) in [6.07, 6.45) is 31.1. The molecule has 0 amide bonds. The molecule has 2 unspecified atom stereocenters. The number of nitrogens with zero attached hydrogens (tertiary/aromatic N) is 1. The summed E-state index contributed by atoms with van der Waals surface area (Å²) in [6, 6.07) is 0. The highest BCUT2D eigenvalue weighted by Crippen LogP contribution is 2.48. The van der Waals surface area contributed by atoms with Gasteiger partial charge in [-0.25, -0.2) is 0 Å². The van der Waals surface area contributed by atoms with E-state index in [1.807, 2.05) is 28.1 Å². The molecule has 0 rings (SSSR count). The first kappa shape index (κ1) is 40.8. The topological polar surface area (TPSA) is 67.8 Å². The molecule has 0 aliphatic carbocycles. The standard InChI is InChI=1S/C34H70NO5P/c1-7-9-10-11-12-13-14-15-16-17-18-19-20-21-22-23-24-25-26-27-28-30-39-31-33(38-6)32-40-41(36,37)34(29-8-2)35(3,4)5/h19-20,33-34H,7-18,21-32H2,1-6H3/b20-19-/t33-,34?/m1/s1. The highest BCUT2D eigenvalue weighted by molar-refractivity contribution is 7.51. The first-order valence-electron chi connectivity index (χ1n) is 17.2. The minimum Gasteiger partial charge on any atom is -0.774 e. The molecule has 0 aromatic carbocycles. The van der Waals surface area contributed by atoms with Crippen LogP contribution in [0.2, 0.25) is 0 Å². The van der Waals surface area contributed by atoms with E-state index in [4.69, 9.17) is 14.0 Å². The Morgan fingerprint density at radius 3 is 1.59 bits per heavy atom. The van der Waals surface area contributed by atoms with Crippen LogP contribution in [0.5, 0.6) is 0 Å². The second kappa shape index (κ2) is 27.3. The number of rotatable bonds is 31. The van der Waals surface area contributed by atoms with Crippen LogP contribution in [0.15, 0.2) is 12.2 Å². The van der Waals surface area contributed by atoms with Gasteiger partial charge in [0.05, 0.1) is 34.4 Å². The molecular weight excluding hydrogens is 533 g/mol. The average Bonchev–Trinajstić information content (AvgIpc) is 2.93. The summed E-state index contributed by atoms with van der Waals surface area (Å²) >= 11 is 0. The van der Waals surface area contributed by atoms with Crippen molar-refractivity contribution in [3.05, 3.63) is 12.2 Å². The zero-order chi connectivity index (χ0) is 30.7. The largest absolute Gasteiger partial charge is 0.774 e. The van der Waals surface area contributed by atoms with Gasteiger partial charge in [0.25, 0.3) is 0 Å². The lowest BCUT2D eigenvalue weighted by atomic mass is 10.1. The third-order valence-electron chi connectivity index (χ3n) is 7.93. The van der Waals surface area contributed by atoms with E-state index in [0.717, 1.165) is 12.8 Å². The molecule has 0 spiro atoms. The van der Waals surface area contributed by atoms with Gasteiger partial charge in [-0.05, 0) is 38.5 Å². The Morgan fingerprint density at radius 1 is 0.683 bits per heavy atom. The molecule has 0 bridgehead atoms. The molecule has 0 heterocycles. The van der Waals surface area contributed by atoms with Crippen molar-refractivity contribution < 1.29 is 27.9 Å². The number of hydrogen-bond acceptors (Lipinski definition) is 5. The third kappa shape index (κ3) is 24.9. The van der Waals surface area contributed by atoms with Crippen molar-refractivity contribution in [2.24, 2.45) is 0 Å². The van der Waals surface area contributed by atoms with Crippen LogP contribution in [-0.4, -0.2) is 64.4 Å². The van der Waals surface area contributed by atoms with Crippen molar-refractivity contribution in [3.8, 4) is 0 Å². The summed E-state index contributed by atoms with van der Waals surface area (Å²) in [7, 11) is 3.24. The Hall–Kier alpha value is -0.230. The van der Waals surface area contributed by atoms with Gasteiger partial charge in [0, 0.05) is 20.1 Å². The maximum Gasteiger partial charge on any atom is 0.193 e. The Morgan fingerprint density at radius 2 is 1.15 bits per heavy atom. The third-order valence-corrected chi connectivity index (χ3v) is 10.1. The number of hydrogen-bond donors (Lipinski definition) is 0. The van der Waals surface area contributed by atoms with Crippen LogP contribution in [0, 0.1) is 0 Å². The zero-order valence-electron chi connectivity index (χ0n) is 28.2. The summed E-state index contributed by atoms with van der Waals surface area (Å²) in [4.78, 5) is 12.8. The fourth-order valence-electron chi connectivity index (χ4n) is 5.24. The monoisotopic (exact) mass is 603 g/mol. The average molecular weight is 604 g/mol. The van der Waals surface area contributed by atoms with Crippen molar-refractivity contribution in [2.45, 2.75) is 161 Å². The Balaban J connectivity index is 3.61. The molecule has 0 saturated heterocycles. The minimum atomic E-state index is -4.01. The lowest BCUT2D eigenvalue weighted by Gasteiger charge is -2.41. The van der Waals surface area contributed by atoms with E-state index in [1.165, 1.54) is 116 Å². The SMILES string of the molecule is CCCCCCCCCCCC/C=C\CCCCCCCCCOC[C@H](COP(=O)([O-])C(CCC)[N+](C)(C)C)OC. The smallest absolute Gasteiger partial charge is 0.193 e. The molecule has 0 fully saturated rings. The van der Waals surface area contributed by atoms with Gasteiger partial charge in [0.1, 0.15) is 6.10 Å². The lowest BCUT2D eigenvalue weighted by molar-refractivity contribution is -0.884. The van der Waals surface area contributed by atoms with E-state index < -0.39 is 13.4 Å². The fraction of sp³-hybridized carbons (Fsp3) is 0.941. The second-order valence-corrected chi connectivity index (χ2v) is 14.8. The molecule has 0 aromatic heterocycles. The van der Waals surface area contributed by atoms with Crippen molar-refractivity contribution in [1.82, 2.24) is 0 Å². The molecule has 0 N–H and O–H groups in total. The second-order valence-electron chi connectivity index (χ2n) is 12.9. The number of ether oxygens (including phenoxy) is 2. The van der Waals surface area contributed by atoms with Crippen LogP contribution < -0.4 is 4.89 Å². The van der Waals surface area contributed by atoms with Crippen LogP contribution in [0.3, 0.4) is 0 Å². The van der Waals surface area contributed by atoms with Gasteiger partial charge in [0.15, 0.2) is 13.4 Å². The maximum atomic E-state index is 12.8. The summed E-state index contributed by atoms with van der Waals surface area (Å²) in [6.45, 7) is 5.31. The highest BCUT2D eigenvalue weighted by atomic mass is 31.2. The minimum absolute atomic E-state index is 0.00594. The van der Waals surface area contributed by atoms with Crippen LogP contribution in [0.25, 0.3) is 0 Å². The predicted molar refractivity (Wildman–Crippen MR) is 174 cm³/mol. The molecule has 41 heavy (non-hydrogen) atoms. The van der Waals surface area contributed by atoms with Gasteiger partial charge in [-0.2, -0.15) is 0 Å². The molecule has 0 saturated carbocycles. The molecule has 246 valence electrons. The summed E-state index contributed by atoms with van der Waals surface area (Å²) in [5, 5.41) is 0. The van der Waals surface area contributed by atoms with E-state index in [9.17, 15) is 9.46 Å². The van der Waals surface area contributed by atoms with Crippen molar-refractivity contribution >= 4 is 7.60 Å². The van der Waals surface area contributed by atoms with Crippen LogP contribution in [-0.2, 0) is 18.6 Å². The first-order chi connectivity index (χ1) is 19.7. The van der Waals surface area contributed by atoms with Crippen molar-refractivity contribution in [1.29, 1.82) is 0 Å². The normalized spacial score (nSPS) is 15.4. The van der Waals surface area contributed by atoms with Gasteiger partial charge in [-0.3, -0.25) is 0 Å². The van der Waals surface area contributed by atoms with Gasteiger partial charge in [0.2, 0.25) is 0 Å². The molecule has 0 aromatic rings. The molecule has 3 atom stereocenters. The van der Waals surface area contributed by atoms with E-state index >= 15 is 0 Å². The van der Waals surface area contributed by atoms with E-state index in [-0.39, 0.29) is 12.7 Å². The molecular formula is C34H70NO5P. The summed E-state index contributed by atoms with van der Waals surface area (Å²) in [5.41, 5.74) is 0. The quantitative estimate of drug-likeness (QED) is 0.0342. The number of quaternary nitrogens is 1. The van der Waals surface area contributed by atoms with E-state index in [0.29, 0.717) is 24.1 Å². The molecule has 7 heteroatoms. The van der Waals surface area contributed by atoms with E-state index in [1.54, 1.807) is 7.11 Å². The maximum absolute atomic E-state index is 12.8. The van der Waals surface area contributed by atoms with Gasteiger partial charge in [-0.1, -0.05) is 116 Å². The van der Waals surface area contributed by atoms with Gasteiger partial charge >= 0.3 is 0 Å². The van der Waals surface area contributed by atoms with Crippen LogP contribution >= 0.6 is 7.60 Å². The fourth-order valence-corrected chi connectivity index (χ4v) is 7.20. The Kier molecular flexibility index (Phi) is 27.2. The van der Waals surface area contributed by atoms with E-state index in [2.05, 4.69) is 19.1 Å². The first-order valence-corrected chi connectivity index (χ1v) is 18.8. The zero-order valence-corrected chi connectivity index (χ0v) is 29.1. The van der Waals surface area contributed by atoms with Gasteiger partial charge < -0.3 is 27.9 Å². The van der Waals surface area contributed by atoms with Crippen molar-refractivity contribution in [3.63, 3.8) is 0 Å². The molecule has 0 aliphatic rings. The molecule has 0 aliphatic heterocycles. The molecule has 0 radical (unpaired) electrons. The lowest BCUT2D eigenvalue weighted by Crippen LogP contribution is -2.47. The highest BCUT2D eigenvalue weighted by Gasteiger charge is 2.35.